The number of carbonyl (C=O) groups excluding carboxylic acids is 1. The van der Waals surface area contributed by atoms with Crippen LogP contribution in [0.1, 0.15) is 33.6 Å². The van der Waals surface area contributed by atoms with Crippen LogP contribution in [-0.4, -0.2) is 41.4 Å². The van der Waals surface area contributed by atoms with Crippen molar-refractivity contribution in [2.75, 3.05) is 22.9 Å². The maximum Gasteiger partial charge on any atom is 0.472 e. The number of anilines is 3. The van der Waals surface area contributed by atoms with E-state index in [1.165, 1.54) is 18.3 Å². The van der Waals surface area contributed by atoms with Crippen molar-refractivity contribution in [2.24, 2.45) is 4.99 Å². The third kappa shape index (κ3) is 5.52. The Hall–Kier alpha value is -2.97. The Morgan fingerprint density at radius 2 is 1.79 bits per heavy atom. The normalized spacial score (nSPS) is 11.7. The molecule has 0 atom stereocenters. The average Bonchev–Trinajstić information content (AvgIpc) is 2.70. The number of rotatable bonds is 8. The van der Waals surface area contributed by atoms with Crippen LogP contribution in [0.5, 0.6) is 0 Å². The highest BCUT2D eigenvalue weighted by Crippen LogP contribution is 2.36. The number of para-hydroxylation sites is 1. The van der Waals surface area contributed by atoms with E-state index in [2.05, 4.69) is 15.0 Å². The Kier molecular flexibility index (Phi) is 7.69. The largest absolute Gasteiger partial charge is 0.472 e. The zero-order valence-electron chi connectivity index (χ0n) is 16.6. The fourth-order valence-electron chi connectivity index (χ4n) is 2.62. The number of halogens is 3. The minimum absolute atomic E-state index is 0.0109. The molecule has 0 bridgehead atoms. The lowest BCUT2D eigenvalue weighted by atomic mass is 10.2. The molecular weight excluding hydrogens is 383 g/mol. The summed E-state index contributed by atoms with van der Waals surface area (Å²) >= 11 is 0. The van der Waals surface area contributed by atoms with Gasteiger partial charge >= 0.3 is 12.1 Å². The van der Waals surface area contributed by atoms with E-state index < -0.39 is 12.1 Å². The molecule has 29 heavy (non-hydrogen) atoms. The van der Waals surface area contributed by atoms with E-state index in [0.717, 1.165) is 6.42 Å². The molecule has 1 aromatic heterocycles. The smallest absolute Gasteiger partial charge is 0.341 e. The molecule has 0 aliphatic carbocycles. The van der Waals surface area contributed by atoms with Crippen molar-refractivity contribution in [1.29, 1.82) is 0 Å². The van der Waals surface area contributed by atoms with Crippen molar-refractivity contribution >= 4 is 35.3 Å². The molecule has 1 amide bonds. The molecule has 0 aliphatic rings. The van der Waals surface area contributed by atoms with Crippen LogP contribution in [0.25, 0.3) is 0 Å². The molecule has 0 saturated heterocycles. The average molecular weight is 407 g/mol. The molecule has 0 fully saturated rings. The van der Waals surface area contributed by atoms with E-state index >= 15 is 0 Å². The Labute approximate surface area is 168 Å². The second-order valence-corrected chi connectivity index (χ2v) is 6.13. The van der Waals surface area contributed by atoms with Crippen LogP contribution in [-0.2, 0) is 4.79 Å². The second-order valence-electron chi connectivity index (χ2n) is 6.13. The summed E-state index contributed by atoms with van der Waals surface area (Å²) in [7, 11) is 0. The summed E-state index contributed by atoms with van der Waals surface area (Å²) in [5, 5.41) is 0. The van der Waals surface area contributed by atoms with Crippen molar-refractivity contribution < 1.29 is 18.0 Å². The number of hydrogen-bond donors (Lipinski definition) is 0. The van der Waals surface area contributed by atoms with Gasteiger partial charge < -0.3 is 4.90 Å². The van der Waals surface area contributed by atoms with Crippen molar-refractivity contribution in [3.8, 4) is 0 Å². The molecule has 1 aromatic carbocycles. The van der Waals surface area contributed by atoms with Gasteiger partial charge in [0, 0.05) is 25.0 Å². The van der Waals surface area contributed by atoms with Crippen molar-refractivity contribution in [2.45, 2.75) is 39.8 Å². The molecule has 1 heterocycles. The Bertz CT molecular complexity index is 836. The van der Waals surface area contributed by atoms with Gasteiger partial charge in [-0.2, -0.15) is 18.2 Å². The lowest BCUT2D eigenvalue weighted by Gasteiger charge is -2.25. The van der Waals surface area contributed by atoms with Gasteiger partial charge in [0.2, 0.25) is 5.95 Å². The van der Waals surface area contributed by atoms with E-state index in [9.17, 15) is 18.0 Å². The predicted octanol–water partition coefficient (Wildman–Crippen LogP) is 5.05. The number of amides is 1. The SMILES string of the molecule is CCCC=Nc1nc(N(CC)CC)ncc1N(C(=O)C(F)(F)F)c1ccccc1. The van der Waals surface area contributed by atoms with E-state index in [0.29, 0.717) is 30.4 Å². The molecule has 0 spiro atoms. The van der Waals surface area contributed by atoms with Crippen LogP contribution in [0.2, 0.25) is 0 Å². The van der Waals surface area contributed by atoms with E-state index in [-0.39, 0.29) is 17.2 Å². The maximum absolute atomic E-state index is 13.3. The van der Waals surface area contributed by atoms with Gasteiger partial charge in [-0.15, -0.1) is 0 Å². The number of carbonyl (C=O) groups is 1. The highest BCUT2D eigenvalue weighted by atomic mass is 19.4. The molecule has 6 nitrogen and oxygen atoms in total. The first-order valence-electron chi connectivity index (χ1n) is 9.44. The van der Waals surface area contributed by atoms with Crippen molar-refractivity contribution in [3.63, 3.8) is 0 Å². The molecule has 9 heteroatoms. The van der Waals surface area contributed by atoms with Crippen molar-refractivity contribution in [1.82, 2.24) is 9.97 Å². The summed E-state index contributed by atoms with van der Waals surface area (Å²) in [6.45, 7) is 7.04. The molecular formula is C20H24F3N5O. The van der Waals surface area contributed by atoms with Crippen LogP contribution >= 0.6 is 0 Å². The van der Waals surface area contributed by atoms with Gasteiger partial charge in [0.05, 0.1) is 6.20 Å². The standard InChI is InChI=1S/C20H24F3N5O/c1-4-7-13-24-17-16(14-25-19(26-17)27(5-2)6-3)28(18(29)20(21,22)23)15-11-9-8-10-12-15/h8-14H,4-7H2,1-3H3. The fourth-order valence-corrected chi connectivity index (χ4v) is 2.62. The first-order chi connectivity index (χ1) is 13.8. The Morgan fingerprint density at radius 1 is 1.14 bits per heavy atom. The number of unbranched alkanes of at least 4 members (excludes halogenated alkanes) is 1. The van der Waals surface area contributed by atoms with Gasteiger partial charge in [-0.25, -0.2) is 9.98 Å². The van der Waals surface area contributed by atoms with Crippen LogP contribution in [0.4, 0.5) is 36.3 Å². The van der Waals surface area contributed by atoms with Crippen molar-refractivity contribution in [3.05, 3.63) is 36.5 Å². The van der Waals surface area contributed by atoms with Crippen LogP contribution in [0, 0.1) is 0 Å². The summed E-state index contributed by atoms with van der Waals surface area (Å²) in [5.74, 6) is -1.68. The summed E-state index contributed by atoms with van der Waals surface area (Å²) in [4.78, 5) is 27.5. The molecule has 156 valence electrons. The quantitative estimate of drug-likeness (QED) is 0.575. The minimum Gasteiger partial charge on any atom is -0.341 e. The van der Waals surface area contributed by atoms with Crippen LogP contribution < -0.4 is 9.80 Å². The number of hydrogen-bond acceptors (Lipinski definition) is 5. The third-order valence-corrected chi connectivity index (χ3v) is 4.12. The number of benzene rings is 1. The number of aromatic nitrogens is 2. The molecule has 0 saturated carbocycles. The lowest BCUT2D eigenvalue weighted by Crippen LogP contribution is -2.38. The van der Waals surface area contributed by atoms with E-state index in [1.54, 1.807) is 24.4 Å². The summed E-state index contributed by atoms with van der Waals surface area (Å²) in [6, 6.07) is 7.59. The number of nitrogens with zero attached hydrogens (tertiary/aromatic N) is 5. The molecule has 2 rings (SSSR count). The van der Waals surface area contributed by atoms with Crippen LogP contribution in [0.15, 0.2) is 41.5 Å². The lowest BCUT2D eigenvalue weighted by molar-refractivity contribution is -0.169. The first kappa shape index (κ1) is 22.3. The van der Waals surface area contributed by atoms with E-state index in [4.69, 9.17) is 0 Å². The topological polar surface area (TPSA) is 61.7 Å². The monoisotopic (exact) mass is 407 g/mol. The highest BCUT2D eigenvalue weighted by Gasteiger charge is 2.44. The third-order valence-electron chi connectivity index (χ3n) is 4.12. The maximum atomic E-state index is 13.3. The summed E-state index contributed by atoms with van der Waals surface area (Å²) in [6.07, 6.45) is -0.827. The molecule has 0 N–H and O–H groups in total. The van der Waals surface area contributed by atoms with Gasteiger partial charge in [-0.3, -0.25) is 9.69 Å². The number of alkyl halides is 3. The van der Waals surface area contributed by atoms with E-state index in [1.807, 2.05) is 25.7 Å². The Morgan fingerprint density at radius 3 is 2.34 bits per heavy atom. The highest BCUT2D eigenvalue weighted by molar-refractivity contribution is 6.05. The minimum atomic E-state index is -5.07. The number of aliphatic imine (C=N–C) groups is 1. The van der Waals surface area contributed by atoms with Gasteiger partial charge in [-0.05, 0) is 32.4 Å². The molecule has 0 aliphatic heterocycles. The predicted molar refractivity (Wildman–Crippen MR) is 108 cm³/mol. The second kappa shape index (κ2) is 9.99. The summed E-state index contributed by atoms with van der Waals surface area (Å²) < 4.78 is 40.0. The molecule has 0 radical (unpaired) electrons. The Balaban J connectivity index is 2.66. The molecule has 2 aromatic rings. The van der Waals surface area contributed by atoms with Gasteiger partial charge in [0.15, 0.2) is 5.82 Å². The van der Waals surface area contributed by atoms with Gasteiger partial charge in [0.25, 0.3) is 0 Å². The zero-order chi connectivity index (χ0) is 21.4. The van der Waals surface area contributed by atoms with Gasteiger partial charge in [0.1, 0.15) is 5.69 Å². The zero-order valence-corrected chi connectivity index (χ0v) is 16.6. The first-order valence-corrected chi connectivity index (χ1v) is 9.44. The fraction of sp³-hybridized carbons (Fsp3) is 0.400. The molecule has 0 unspecified atom stereocenters. The van der Waals surface area contributed by atoms with Gasteiger partial charge in [-0.1, -0.05) is 31.5 Å². The van der Waals surface area contributed by atoms with Crippen LogP contribution in [0.3, 0.4) is 0 Å². The summed E-state index contributed by atoms with van der Waals surface area (Å²) in [5.41, 5.74) is -0.0669.